The molecule has 0 N–H and O–H groups in total. The van der Waals surface area contributed by atoms with Crippen molar-refractivity contribution in [1.29, 1.82) is 0 Å². The number of unbranched alkanes of at least 4 members (excludes halogenated alkanes) is 6. The summed E-state index contributed by atoms with van der Waals surface area (Å²) < 4.78 is 0. The fourth-order valence-electron chi connectivity index (χ4n) is 3.02. The van der Waals surface area contributed by atoms with E-state index in [0.717, 1.165) is 6.04 Å². The molecule has 114 valence electrons. The Bertz CT molecular complexity index is 211. The molecule has 0 bridgehead atoms. The van der Waals surface area contributed by atoms with Crippen LogP contribution in [0.15, 0.2) is 0 Å². The van der Waals surface area contributed by atoms with E-state index in [1.54, 1.807) is 0 Å². The lowest BCUT2D eigenvalue weighted by Gasteiger charge is -2.35. The Morgan fingerprint density at radius 3 is 2.32 bits per heavy atom. The number of likely N-dealkylation sites (N-methyl/N-ethyl adjacent to an activating group) is 2. The molecular weight excluding hydrogens is 300 g/mol. The third kappa shape index (κ3) is 8.31. The molecule has 1 aliphatic rings. The largest absolute Gasteiger partial charge is 0.305 e. The van der Waals surface area contributed by atoms with Crippen LogP contribution in [0.5, 0.6) is 0 Å². The van der Waals surface area contributed by atoms with Crippen molar-refractivity contribution in [2.45, 2.75) is 63.8 Å². The van der Waals surface area contributed by atoms with Crippen LogP contribution in [0.3, 0.4) is 0 Å². The van der Waals surface area contributed by atoms with E-state index >= 15 is 0 Å². The van der Waals surface area contributed by atoms with Gasteiger partial charge in [0, 0.05) is 17.9 Å². The summed E-state index contributed by atoms with van der Waals surface area (Å²) in [6.07, 6.45) is 12.6. The van der Waals surface area contributed by atoms with Crippen molar-refractivity contribution in [1.82, 2.24) is 9.80 Å². The van der Waals surface area contributed by atoms with Gasteiger partial charge >= 0.3 is 0 Å². The van der Waals surface area contributed by atoms with E-state index in [1.807, 2.05) is 0 Å². The number of nitrogens with zero attached hydrogens (tertiary/aromatic N) is 2. The van der Waals surface area contributed by atoms with Gasteiger partial charge in [0.1, 0.15) is 0 Å². The predicted octanol–water partition coefficient (Wildman–Crippen LogP) is 4.14. The lowest BCUT2D eigenvalue weighted by atomic mass is 10.0. The minimum atomic E-state index is 0.803. The Labute approximate surface area is 129 Å². The van der Waals surface area contributed by atoms with Gasteiger partial charge in [-0.05, 0) is 52.9 Å². The second kappa shape index (κ2) is 11.1. The molecule has 1 rings (SSSR count). The van der Waals surface area contributed by atoms with Gasteiger partial charge in [0.25, 0.3) is 0 Å². The molecule has 0 aromatic rings. The lowest BCUT2D eigenvalue weighted by Crippen LogP contribution is -2.45. The molecule has 0 radical (unpaired) electrons. The van der Waals surface area contributed by atoms with Crippen LogP contribution < -0.4 is 0 Å². The second-order valence-corrected chi connectivity index (χ2v) is 7.00. The Morgan fingerprint density at radius 2 is 1.68 bits per heavy atom. The topological polar surface area (TPSA) is 6.48 Å². The van der Waals surface area contributed by atoms with Gasteiger partial charge in [-0.15, -0.1) is 0 Å². The SMILES string of the molecule is CN1CCCC(N(C)CCCCCCCCCBr)C1. The molecule has 0 saturated carbocycles. The van der Waals surface area contributed by atoms with E-state index in [1.165, 1.54) is 82.8 Å². The highest BCUT2D eigenvalue weighted by molar-refractivity contribution is 9.09. The van der Waals surface area contributed by atoms with Crippen molar-refractivity contribution < 1.29 is 0 Å². The average molecular weight is 333 g/mol. The minimum Gasteiger partial charge on any atom is -0.305 e. The summed E-state index contributed by atoms with van der Waals surface area (Å²) >= 11 is 3.49. The normalized spacial score (nSPS) is 21.2. The highest BCUT2D eigenvalue weighted by Crippen LogP contribution is 2.14. The predicted molar refractivity (Wildman–Crippen MR) is 89.3 cm³/mol. The highest BCUT2D eigenvalue weighted by atomic mass is 79.9. The van der Waals surface area contributed by atoms with Gasteiger partial charge in [0.15, 0.2) is 0 Å². The minimum absolute atomic E-state index is 0.803. The van der Waals surface area contributed by atoms with Crippen molar-refractivity contribution in [3.05, 3.63) is 0 Å². The molecule has 0 aliphatic carbocycles. The number of halogens is 1. The number of hydrogen-bond acceptors (Lipinski definition) is 2. The maximum Gasteiger partial charge on any atom is 0.0220 e. The van der Waals surface area contributed by atoms with Gasteiger partial charge in [-0.25, -0.2) is 0 Å². The summed E-state index contributed by atoms with van der Waals surface area (Å²) in [5.41, 5.74) is 0. The molecular formula is C16H33BrN2. The summed E-state index contributed by atoms with van der Waals surface area (Å²) in [5, 5.41) is 1.17. The van der Waals surface area contributed by atoms with Crippen molar-refractivity contribution in [2.75, 3.05) is 39.1 Å². The highest BCUT2D eigenvalue weighted by Gasteiger charge is 2.20. The monoisotopic (exact) mass is 332 g/mol. The van der Waals surface area contributed by atoms with Crippen LogP contribution in [-0.4, -0.2) is 54.9 Å². The number of likely N-dealkylation sites (tertiary alicyclic amines) is 1. The maximum atomic E-state index is 3.49. The Morgan fingerprint density at radius 1 is 1.05 bits per heavy atom. The quantitative estimate of drug-likeness (QED) is 0.438. The molecule has 0 amide bonds. The van der Waals surface area contributed by atoms with Crippen molar-refractivity contribution in [3.8, 4) is 0 Å². The summed E-state index contributed by atoms with van der Waals surface area (Å²) in [7, 11) is 4.58. The van der Waals surface area contributed by atoms with Gasteiger partial charge in [0.2, 0.25) is 0 Å². The van der Waals surface area contributed by atoms with Gasteiger partial charge < -0.3 is 9.80 Å². The van der Waals surface area contributed by atoms with Crippen LogP contribution in [0.25, 0.3) is 0 Å². The van der Waals surface area contributed by atoms with E-state index in [4.69, 9.17) is 0 Å². The average Bonchev–Trinajstić information content (AvgIpc) is 2.41. The summed E-state index contributed by atoms with van der Waals surface area (Å²) in [5.74, 6) is 0. The molecule has 1 unspecified atom stereocenters. The molecule has 3 heteroatoms. The van der Waals surface area contributed by atoms with E-state index in [9.17, 15) is 0 Å². The van der Waals surface area contributed by atoms with Crippen LogP contribution in [0.2, 0.25) is 0 Å². The first-order valence-electron chi connectivity index (χ1n) is 8.19. The first-order chi connectivity index (χ1) is 9.24. The van der Waals surface area contributed by atoms with Crippen molar-refractivity contribution >= 4 is 15.9 Å². The molecule has 0 aromatic heterocycles. The summed E-state index contributed by atoms with van der Waals surface area (Å²) in [6, 6.07) is 0.803. The fraction of sp³-hybridized carbons (Fsp3) is 1.00. The molecule has 0 spiro atoms. The van der Waals surface area contributed by atoms with Crippen LogP contribution >= 0.6 is 15.9 Å². The first-order valence-corrected chi connectivity index (χ1v) is 9.31. The molecule has 1 atom stereocenters. The molecule has 19 heavy (non-hydrogen) atoms. The molecule has 1 fully saturated rings. The Hall–Kier alpha value is 0.400. The van der Waals surface area contributed by atoms with Crippen molar-refractivity contribution in [2.24, 2.45) is 0 Å². The van der Waals surface area contributed by atoms with E-state index in [2.05, 4.69) is 39.8 Å². The second-order valence-electron chi connectivity index (χ2n) is 6.20. The number of rotatable bonds is 10. The lowest BCUT2D eigenvalue weighted by molar-refractivity contribution is 0.133. The van der Waals surface area contributed by atoms with Crippen LogP contribution in [0.1, 0.15) is 57.8 Å². The van der Waals surface area contributed by atoms with Crippen LogP contribution in [-0.2, 0) is 0 Å². The number of hydrogen-bond donors (Lipinski definition) is 0. The summed E-state index contributed by atoms with van der Waals surface area (Å²) in [6.45, 7) is 3.85. The maximum absolute atomic E-state index is 3.49. The first kappa shape index (κ1) is 17.5. The van der Waals surface area contributed by atoms with E-state index < -0.39 is 0 Å². The third-order valence-electron chi connectivity index (χ3n) is 4.37. The van der Waals surface area contributed by atoms with Gasteiger partial charge in [-0.1, -0.05) is 48.0 Å². The molecule has 1 aliphatic heterocycles. The van der Waals surface area contributed by atoms with Crippen LogP contribution in [0, 0.1) is 0 Å². The van der Waals surface area contributed by atoms with Gasteiger partial charge in [-0.2, -0.15) is 0 Å². The Kier molecular flexibility index (Phi) is 10.2. The van der Waals surface area contributed by atoms with Gasteiger partial charge in [-0.3, -0.25) is 0 Å². The zero-order valence-corrected chi connectivity index (χ0v) is 14.6. The molecule has 2 nitrogen and oxygen atoms in total. The van der Waals surface area contributed by atoms with Crippen LogP contribution in [0.4, 0.5) is 0 Å². The van der Waals surface area contributed by atoms with Gasteiger partial charge in [0.05, 0.1) is 0 Å². The zero-order chi connectivity index (χ0) is 13.9. The third-order valence-corrected chi connectivity index (χ3v) is 4.93. The Balaban J connectivity index is 1.93. The smallest absolute Gasteiger partial charge is 0.0220 e. The standard InChI is InChI=1S/C16H33BrN2/c1-18-13-10-11-16(15-18)19(2)14-9-7-5-3-4-6-8-12-17/h16H,3-15H2,1-2H3. The number of piperidine rings is 1. The van der Waals surface area contributed by atoms with Crippen molar-refractivity contribution in [3.63, 3.8) is 0 Å². The zero-order valence-electron chi connectivity index (χ0n) is 13.0. The molecule has 0 aromatic carbocycles. The molecule has 1 heterocycles. The summed E-state index contributed by atoms with van der Waals surface area (Å²) in [4.78, 5) is 5.08. The number of alkyl halides is 1. The van der Waals surface area contributed by atoms with E-state index in [-0.39, 0.29) is 0 Å². The fourth-order valence-corrected chi connectivity index (χ4v) is 3.42. The van der Waals surface area contributed by atoms with E-state index in [0.29, 0.717) is 0 Å². The molecule has 1 saturated heterocycles.